The Kier molecular flexibility index (Phi) is 6.40. The van der Waals surface area contributed by atoms with Crippen molar-refractivity contribution in [1.82, 2.24) is 4.98 Å². The lowest BCUT2D eigenvalue weighted by atomic mass is 10.2. The van der Waals surface area contributed by atoms with Gasteiger partial charge in [-0.1, -0.05) is 18.2 Å². The third-order valence-corrected chi connectivity index (χ3v) is 5.02. The molecule has 6 nitrogen and oxygen atoms in total. The molecule has 0 radical (unpaired) electrons. The minimum absolute atomic E-state index is 0.215. The molecule has 0 fully saturated rings. The summed E-state index contributed by atoms with van der Waals surface area (Å²) in [7, 11) is 1.29. The topological polar surface area (TPSA) is 77.5 Å². The average Bonchev–Trinajstić information content (AvgIpc) is 3.15. The first-order chi connectivity index (χ1) is 13.0. The summed E-state index contributed by atoms with van der Waals surface area (Å²) in [6.45, 7) is -0.215. The first-order valence-corrected chi connectivity index (χ1v) is 9.83. The third kappa shape index (κ3) is 5.27. The van der Waals surface area contributed by atoms with Crippen LogP contribution < -0.4 is 10.1 Å². The molecule has 0 saturated carbocycles. The van der Waals surface area contributed by atoms with Gasteiger partial charge in [-0.05, 0) is 52.9 Å². The SMILES string of the molecule is COC(=O)COc1cccc(C(=O)Nc2nc(-c3ccc(I)cc3)cs2)c1. The van der Waals surface area contributed by atoms with Crippen molar-refractivity contribution in [3.63, 3.8) is 0 Å². The third-order valence-electron chi connectivity index (χ3n) is 3.55. The van der Waals surface area contributed by atoms with Crippen LogP contribution in [0, 0.1) is 3.57 Å². The Balaban J connectivity index is 1.67. The number of hydrogen-bond acceptors (Lipinski definition) is 6. The number of nitrogens with one attached hydrogen (secondary N) is 1. The predicted octanol–water partition coefficient (Wildman–Crippen LogP) is 4.22. The molecule has 0 saturated heterocycles. The van der Waals surface area contributed by atoms with Crippen LogP contribution in [0.2, 0.25) is 0 Å². The fraction of sp³-hybridized carbons (Fsp3) is 0.105. The van der Waals surface area contributed by atoms with Gasteiger partial charge in [0.1, 0.15) is 5.75 Å². The van der Waals surface area contributed by atoms with Crippen molar-refractivity contribution in [2.24, 2.45) is 0 Å². The summed E-state index contributed by atoms with van der Waals surface area (Å²) in [4.78, 5) is 28.1. The second-order valence-electron chi connectivity index (χ2n) is 5.39. The number of ether oxygens (including phenoxy) is 2. The quantitative estimate of drug-likeness (QED) is 0.410. The van der Waals surface area contributed by atoms with E-state index in [1.165, 1.54) is 18.4 Å². The van der Waals surface area contributed by atoms with Crippen molar-refractivity contribution in [2.45, 2.75) is 0 Å². The Morgan fingerprint density at radius 1 is 1.19 bits per heavy atom. The van der Waals surface area contributed by atoms with E-state index < -0.39 is 5.97 Å². The van der Waals surface area contributed by atoms with E-state index in [-0.39, 0.29) is 12.5 Å². The molecule has 1 heterocycles. The van der Waals surface area contributed by atoms with Gasteiger partial charge in [-0.25, -0.2) is 9.78 Å². The van der Waals surface area contributed by atoms with Crippen molar-refractivity contribution in [2.75, 3.05) is 19.0 Å². The molecule has 0 spiro atoms. The van der Waals surface area contributed by atoms with Crippen LogP contribution in [0.5, 0.6) is 5.75 Å². The molecule has 2 aromatic carbocycles. The highest BCUT2D eigenvalue weighted by molar-refractivity contribution is 14.1. The molecule has 3 aromatic rings. The number of benzene rings is 2. The smallest absolute Gasteiger partial charge is 0.343 e. The van der Waals surface area contributed by atoms with E-state index in [0.717, 1.165) is 14.8 Å². The van der Waals surface area contributed by atoms with Crippen LogP contribution in [0.1, 0.15) is 10.4 Å². The van der Waals surface area contributed by atoms with Crippen LogP contribution in [0.4, 0.5) is 5.13 Å². The first kappa shape index (κ1) is 19.3. The Morgan fingerprint density at radius 2 is 1.96 bits per heavy atom. The van der Waals surface area contributed by atoms with E-state index >= 15 is 0 Å². The Hall–Kier alpha value is -2.46. The van der Waals surface area contributed by atoms with Crippen molar-refractivity contribution in [1.29, 1.82) is 0 Å². The van der Waals surface area contributed by atoms with Crippen LogP contribution >= 0.6 is 33.9 Å². The summed E-state index contributed by atoms with van der Waals surface area (Å²) in [5.74, 6) is -0.385. The van der Waals surface area contributed by atoms with Crippen molar-refractivity contribution < 1.29 is 19.1 Å². The van der Waals surface area contributed by atoms with Gasteiger partial charge in [-0.2, -0.15) is 0 Å². The molecular weight excluding hydrogens is 479 g/mol. The fourth-order valence-corrected chi connectivity index (χ4v) is 3.26. The van der Waals surface area contributed by atoms with E-state index in [4.69, 9.17) is 4.74 Å². The molecule has 3 rings (SSSR count). The fourth-order valence-electron chi connectivity index (χ4n) is 2.18. The molecule has 1 N–H and O–H groups in total. The maximum Gasteiger partial charge on any atom is 0.343 e. The molecular formula is C19H15IN2O4S. The van der Waals surface area contributed by atoms with Gasteiger partial charge < -0.3 is 9.47 Å². The maximum atomic E-state index is 12.5. The molecule has 138 valence electrons. The van der Waals surface area contributed by atoms with Crippen LogP contribution in [-0.4, -0.2) is 30.6 Å². The lowest BCUT2D eigenvalue weighted by Crippen LogP contribution is -2.14. The minimum Gasteiger partial charge on any atom is -0.482 e. The van der Waals surface area contributed by atoms with Gasteiger partial charge in [-0.15, -0.1) is 11.3 Å². The number of rotatable bonds is 6. The summed E-state index contributed by atoms with van der Waals surface area (Å²) in [5.41, 5.74) is 2.20. The van der Waals surface area contributed by atoms with Gasteiger partial charge >= 0.3 is 5.97 Å². The summed E-state index contributed by atoms with van der Waals surface area (Å²) < 4.78 is 11.0. The highest BCUT2D eigenvalue weighted by Crippen LogP contribution is 2.26. The number of hydrogen-bond donors (Lipinski definition) is 1. The molecule has 0 aliphatic carbocycles. The predicted molar refractivity (Wildman–Crippen MR) is 112 cm³/mol. The zero-order valence-corrected chi connectivity index (χ0v) is 17.2. The Labute approximate surface area is 173 Å². The number of anilines is 1. The number of esters is 1. The standard InChI is InChI=1S/C19H15IN2O4S/c1-25-17(23)10-26-15-4-2-3-13(9-15)18(24)22-19-21-16(11-27-19)12-5-7-14(20)8-6-12/h2-9,11H,10H2,1H3,(H,21,22,24). The van der Waals surface area contributed by atoms with Gasteiger partial charge in [0, 0.05) is 20.1 Å². The lowest BCUT2D eigenvalue weighted by molar-refractivity contribution is -0.142. The summed E-state index contributed by atoms with van der Waals surface area (Å²) in [5, 5.41) is 5.19. The monoisotopic (exact) mass is 494 g/mol. The summed E-state index contributed by atoms with van der Waals surface area (Å²) in [6, 6.07) is 14.6. The minimum atomic E-state index is -0.490. The van der Waals surface area contributed by atoms with Crippen molar-refractivity contribution in [3.8, 4) is 17.0 Å². The molecule has 0 atom stereocenters. The Bertz CT molecular complexity index is 956. The number of nitrogens with zero attached hydrogens (tertiary/aromatic N) is 1. The van der Waals surface area contributed by atoms with Crippen LogP contribution in [-0.2, 0) is 9.53 Å². The van der Waals surface area contributed by atoms with Gasteiger partial charge in [0.05, 0.1) is 12.8 Å². The van der Waals surface area contributed by atoms with Crippen LogP contribution in [0.25, 0.3) is 11.3 Å². The highest BCUT2D eigenvalue weighted by atomic mass is 127. The zero-order chi connectivity index (χ0) is 19.2. The first-order valence-electron chi connectivity index (χ1n) is 7.87. The number of thiazole rings is 1. The Morgan fingerprint density at radius 3 is 2.70 bits per heavy atom. The zero-order valence-electron chi connectivity index (χ0n) is 14.3. The van der Waals surface area contributed by atoms with Gasteiger partial charge in [0.15, 0.2) is 11.7 Å². The van der Waals surface area contributed by atoms with Gasteiger partial charge in [-0.3, -0.25) is 10.1 Å². The number of methoxy groups -OCH3 is 1. The molecule has 0 aliphatic rings. The molecule has 1 aromatic heterocycles. The van der Waals surface area contributed by atoms with E-state index in [1.807, 2.05) is 29.6 Å². The molecule has 0 unspecified atom stereocenters. The number of carbonyl (C=O) groups excluding carboxylic acids is 2. The summed E-state index contributed by atoms with van der Waals surface area (Å²) in [6.07, 6.45) is 0. The van der Waals surface area contributed by atoms with E-state index in [2.05, 4.69) is 37.6 Å². The molecule has 8 heteroatoms. The number of halogens is 1. The lowest BCUT2D eigenvalue weighted by Gasteiger charge is -2.07. The van der Waals surface area contributed by atoms with Crippen molar-refractivity contribution in [3.05, 3.63) is 63.0 Å². The van der Waals surface area contributed by atoms with E-state index in [9.17, 15) is 9.59 Å². The average molecular weight is 494 g/mol. The van der Waals surface area contributed by atoms with Crippen molar-refractivity contribution >= 4 is 50.9 Å². The van der Waals surface area contributed by atoms with Crippen LogP contribution in [0.3, 0.4) is 0 Å². The molecule has 27 heavy (non-hydrogen) atoms. The van der Waals surface area contributed by atoms with Crippen LogP contribution in [0.15, 0.2) is 53.9 Å². The molecule has 0 bridgehead atoms. The number of carbonyl (C=O) groups is 2. The van der Waals surface area contributed by atoms with E-state index in [1.54, 1.807) is 24.3 Å². The second-order valence-corrected chi connectivity index (χ2v) is 7.50. The van der Waals surface area contributed by atoms with Gasteiger partial charge in [0.2, 0.25) is 0 Å². The normalized spacial score (nSPS) is 10.3. The number of aromatic nitrogens is 1. The van der Waals surface area contributed by atoms with Gasteiger partial charge in [0.25, 0.3) is 5.91 Å². The highest BCUT2D eigenvalue weighted by Gasteiger charge is 2.11. The summed E-state index contributed by atoms with van der Waals surface area (Å²) >= 11 is 3.60. The second kappa shape index (κ2) is 8.96. The van der Waals surface area contributed by atoms with E-state index in [0.29, 0.717) is 16.4 Å². The molecule has 0 aliphatic heterocycles. The number of amides is 1. The maximum absolute atomic E-state index is 12.5. The largest absolute Gasteiger partial charge is 0.482 e. The molecule has 1 amide bonds.